The topological polar surface area (TPSA) is 9.23 Å². The summed E-state index contributed by atoms with van der Waals surface area (Å²) in [5.74, 6) is 0.812. The van der Waals surface area contributed by atoms with Crippen LogP contribution in [0.1, 0.15) is 26.3 Å². The summed E-state index contributed by atoms with van der Waals surface area (Å²) >= 11 is 5.93. The zero-order valence-corrected chi connectivity index (χ0v) is 9.48. The molecule has 1 aromatic carbocycles. The highest BCUT2D eigenvalue weighted by Gasteiger charge is 1.98. The Labute approximate surface area is 85.7 Å². The lowest BCUT2D eigenvalue weighted by atomic mass is 10.2. The first-order valence-corrected chi connectivity index (χ1v) is 4.98. The molecule has 0 saturated carbocycles. The fraction of sp³-hybridized carbons (Fsp3) is 0.455. The fourth-order valence-electron chi connectivity index (χ4n) is 0.942. The van der Waals surface area contributed by atoms with Gasteiger partial charge in [0.2, 0.25) is 0 Å². The summed E-state index contributed by atoms with van der Waals surface area (Å²) in [5, 5.41) is 0.784. The van der Waals surface area contributed by atoms with Gasteiger partial charge in [-0.1, -0.05) is 38.4 Å². The highest BCUT2D eigenvalue weighted by atomic mass is 35.5. The van der Waals surface area contributed by atoms with Crippen LogP contribution in [0.3, 0.4) is 0 Å². The third-order valence-electron chi connectivity index (χ3n) is 1.64. The van der Waals surface area contributed by atoms with Gasteiger partial charge in [0.15, 0.2) is 0 Å². The first-order chi connectivity index (χ1) is 6.27. The van der Waals surface area contributed by atoms with E-state index in [9.17, 15) is 0 Å². The Bertz CT molecular complexity index is 246. The average molecular weight is 201 g/mol. The van der Waals surface area contributed by atoms with Crippen molar-refractivity contribution in [1.82, 2.24) is 0 Å². The minimum absolute atomic E-state index is 0.784. The molecular formula is C11H17ClO. The molecule has 0 radical (unpaired) electrons. The maximum absolute atomic E-state index is 5.93. The molecule has 74 valence electrons. The minimum Gasteiger partial charge on any atom is -0.497 e. The molecular weight excluding hydrogens is 184 g/mol. The highest BCUT2D eigenvalue weighted by Crippen LogP contribution is 2.22. The van der Waals surface area contributed by atoms with Crippen LogP contribution in [0.2, 0.25) is 5.02 Å². The molecule has 0 heterocycles. The van der Waals surface area contributed by atoms with Crippen molar-refractivity contribution in [3.8, 4) is 5.75 Å². The molecule has 1 aromatic rings. The van der Waals surface area contributed by atoms with E-state index in [1.165, 1.54) is 0 Å². The van der Waals surface area contributed by atoms with Gasteiger partial charge in [-0.2, -0.15) is 0 Å². The van der Waals surface area contributed by atoms with Gasteiger partial charge in [-0.05, 0) is 24.1 Å². The Kier molecular flexibility index (Phi) is 6.43. The maximum atomic E-state index is 5.93. The molecule has 0 aromatic heterocycles. The molecule has 1 rings (SSSR count). The van der Waals surface area contributed by atoms with E-state index >= 15 is 0 Å². The lowest BCUT2D eigenvalue weighted by molar-refractivity contribution is 0.414. The van der Waals surface area contributed by atoms with Crippen LogP contribution in [-0.4, -0.2) is 7.11 Å². The van der Waals surface area contributed by atoms with Gasteiger partial charge < -0.3 is 4.74 Å². The summed E-state index contributed by atoms with van der Waals surface area (Å²) in [7, 11) is 1.64. The molecule has 0 saturated heterocycles. The van der Waals surface area contributed by atoms with E-state index in [1.807, 2.05) is 32.0 Å². The predicted molar refractivity (Wildman–Crippen MR) is 58.7 cm³/mol. The second-order valence-electron chi connectivity index (χ2n) is 2.31. The Balaban J connectivity index is 0.000000671. The van der Waals surface area contributed by atoms with E-state index in [4.69, 9.17) is 16.3 Å². The van der Waals surface area contributed by atoms with Gasteiger partial charge in [0.05, 0.1) is 7.11 Å². The van der Waals surface area contributed by atoms with Crippen molar-refractivity contribution in [2.75, 3.05) is 7.11 Å². The van der Waals surface area contributed by atoms with Gasteiger partial charge in [0.25, 0.3) is 0 Å². The summed E-state index contributed by atoms with van der Waals surface area (Å²) in [6.07, 6.45) is 0.961. The van der Waals surface area contributed by atoms with E-state index in [0.717, 1.165) is 22.8 Å². The molecule has 0 fully saturated rings. The van der Waals surface area contributed by atoms with E-state index in [2.05, 4.69) is 6.92 Å². The van der Waals surface area contributed by atoms with Crippen LogP contribution < -0.4 is 4.74 Å². The second-order valence-corrected chi connectivity index (χ2v) is 2.72. The van der Waals surface area contributed by atoms with Crippen molar-refractivity contribution in [2.45, 2.75) is 27.2 Å². The number of methoxy groups -OCH3 is 1. The molecule has 0 spiro atoms. The number of hydrogen-bond acceptors (Lipinski definition) is 1. The van der Waals surface area contributed by atoms with E-state index in [0.29, 0.717) is 0 Å². The van der Waals surface area contributed by atoms with Crippen LogP contribution in [0.15, 0.2) is 18.2 Å². The van der Waals surface area contributed by atoms with Gasteiger partial charge in [0.1, 0.15) is 5.75 Å². The smallest absolute Gasteiger partial charge is 0.120 e. The summed E-state index contributed by atoms with van der Waals surface area (Å²) < 4.78 is 5.01. The highest BCUT2D eigenvalue weighted by molar-refractivity contribution is 6.31. The molecule has 0 aliphatic rings. The molecule has 0 amide bonds. The number of halogens is 1. The first kappa shape index (κ1) is 12.3. The molecule has 0 aliphatic heterocycles. The molecule has 0 aliphatic carbocycles. The Hall–Kier alpha value is -0.690. The van der Waals surface area contributed by atoms with Gasteiger partial charge in [0, 0.05) is 5.02 Å². The molecule has 0 bridgehead atoms. The Morgan fingerprint density at radius 2 is 1.92 bits per heavy atom. The van der Waals surface area contributed by atoms with E-state index in [-0.39, 0.29) is 0 Å². The molecule has 0 unspecified atom stereocenters. The number of ether oxygens (including phenoxy) is 1. The van der Waals surface area contributed by atoms with Crippen molar-refractivity contribution in [3.63, 3.8) is 0 Å². The van der Waals surface area contributed by atoms with Crippen LogP contribution in [0.5, 0.6) is 5.75 Å². The predicted octanol–water partition coefficient (Wildman–Crippen LogP) is 3.94. The Morgan fingerprint density at radius 1 is 1.31 bits per heavy atom. The fourth-order valence-corrected chi connectivity index (χ4v) is 1.25. The van der Waals surface area contributed by atoms with Gasteiger partial charge in [-0.15, -0.1) is 0 Å². The third kappa shape index (κ3) is 3.69. The molecule has 0 atom stereocenters. The molecule has 2 heteroatoms. The average Bonchev–Trinajstić information content (AvgIpc) is 2.20. The van der Waals surface area contributed by atoms with Gasteiger partial charge in [-0.3, -0.25) is 0 Å². The van der Waals surface area contributed by atoms with Crippen molar-refractivity contribution in [3.05, 3.63) is 28.8 Å². The quantitative estimate of drug-likeness (QED) is 0.703. The summed E-state index contributed by atoms with van der Waals surface area (Å²) in [4.78, 5) is 0. The van der Waals surface area contributed by atoms with Crippen molar-refractivity contribution < 1.29 is 4.74 Å². The number of hydrogen-bond donors (Lipinski definition) is 0. The van der Waals surface area contributed by atoms with Crippen LogP contribution in [0.25, 0.3) is 0 Å². The summed E-state index contributed by atoms with van der Waals surface area (Å²) in [6, 6.07) is 5.74. The first-order valence-electron chi connectivity index (χ1n) is 4.60. The van der Waals surface area contributed by atoms with Gasteiger partial charge >= 0.3 is 0 Å². The largest absolute Gasteiger partial charge is 0.497 e. The zero-order valence-electron chi connectivity index (χ0n) is 8.73. The standard InChI is InChI=1S/C9H11ClO.C2H6/c1-3-7-4-5-8(11-2)6-9(7)10;1-2/h4-6H,3H2,1-2H3;1-2H3. The van der Waals surface area contributed by atoms with E-state index in [1.54, 1.807) is 7.11 Å². The maximum Gasteiger partial charge on any atom is 0.120 e. The third-order valence-corrected chi connectivity index (χ3v) is 1.99. The summed E-state index contributed by atoms with van der Waals surface area (Å²) in [5.41, 5.74) is 1.16. The monoisotopic (exact) mass is 200 g/mol. The SMILES string of the molecule is CC.CCc1ccc(OC)cc1Cl. The van der Waals surface area contributed by atoms with E-state index < -0.39 is 0 Å². The number of aryl methyl sites for hydroxylation is 1. The van der Waals surface area contributed by atoms with Crippen LogP contribution >= 0.6 is 11.6 Å². The van der Waals surface area contributed by atoms with Crippen molar-refractivity contribution >= 4 is 11.6 Å². The summed E-state index contributed by atoms with van der Waals surface area (Å²) in [6.45, 7) is 6.08. The second kappa shape index (κ2) is 6.79. The lowest BCUT2D eigenvalue weighted by Gasteiger charge is -2.03. The van der Waals surface area contributed by atoms with Crippen LogP contribution in [-0.2, 0) is 6.42 Å². The molecule has 13 heavy (non-hydrogen) atoms. The van der Waals surface area contributed by atoms with Crippen molar-refractivity contribution in [2.24, 2.45) is 0 Å². The number of benzene rings is 1. The zero-order chi connectivity index (χ0) is 10.3. The Morgan fingerprint density at radius 3 is 2.31 bits per heavy atom. The van der Waals surface area contributed by atoms with Gasteiger partial charge in [-0.25, -0.2) is 0 Å². The minimum atomic E-state index is 0.784. The molecule has 0 N–H and O–H groups in total. The normalized spacial score (nSPS) is 8.69. The molecule has 1 nitrogen and oxygen atoms in total. The van der Waals surface area contributed by atoms with Crippen LogP contribution in [0.4, 0.5) is 0 Å². The van der Waals surface area contributed by atoms with Crippen molar-refractivity contribution in [1.29, 1.82) is 0 Å². The number of rotatable bonds is 2. The lowest BCUT2D eigenvalue weighted by Crippen LogP contribution is -1.85. The van der Waals surface area contributed by atoms with Crippen LogP contribution in [0, 0.1) is 0 Å².